The molecular formula is C13H22N4O3S. The van der Waals surface area contributed by atoms with Gasteiger partial charge in [-0.15, -0.1) is 5.10 Å². The molecule has 21 heavy (non-hydrogen) atoms. The molecule has 1 aliphatic heterocycles. The Morgan fingerprint density at radius 2 is 2.14 bits per heavy atom. The van der Waals surface area contributed by atoms with Gasteiger partial charge in [-0.25, -0.2) is 13.1 Å². The van der Waals surface area contributed by atoms with Gasteiger partial charge in [0.05, 0.1) is 11.4 Å². The van der Waals surface area contributed by atoms with Crippen LogP contribution in [0.2, 0.25) is 0 Å². The number of hydrogen-bond acceptors (Lipinski definition) is 5. The van der Waals surface area contributed by atoms with Crippen LogP contribution in [-0.2, 0) is 15.6 Å². The van der Waals surface area contributed by atoms with Crippen LogP contribution in [0.1, 0.15) is 51.3 Å². The first-order valence-electron chi connectivity index (χ1n) is 7.46. The molecule has 2 fully saturated rings. The zero-order chi connectivity index (χ0) is 15.3. The van der Waals surface area contributed by atoms with Crippen LogP contribution in [0.25, 0.3) is 0 Å². The molecule has 1 aromatic rings. The third-order valence-corrected chi connectivity index (χ3v) is 6.60. The van der Waals surface area contributed by atoms with Crippen LogP contribution < -0.4 is 0 Å². The minimum absolute atomic E-state index is 0.0859. The third-order valence-electron chi connectivity index (χ3n) is 4.26. The van der Waals surface area contributed by atoms with E-state index in [0.717, 1.165) is 12.8 Å². The zero-order valence-electron chi connectivity index (χ0n) is 12.4. The lowest BCUT2D eigenvalue weighted by atomic mass is 9.91. The average molecular weight is 314 g/mol. The molecule has 1 N–H and O–H groups in total. The topological polar surface area (TPSA) is 88.3 Å². The molecule has 118 valence electrons. The molecule has 0 amide bonds. The summed E-state index contributed by atoms with van der Waals surface area (Å²) >= 11 is 0. The Labute approximate surface area is 125 Å². The normalized spacial score (nSPS) is 28.2. The highest BCUT2D eigenvalue weighted by Crippen LogP contribution is 2.37. The molecule has 0 bridgehead atoms. The highest BCUT2D eigenvalue weighted by atomic mass is 32.2. The van der Waals surface area contributed by atoms with Gasteiger partial charge in [0.2, 0.25) is 10.0 Å². The largest absolute Gasteiger partial charge is 0.382 e. The van der Waals surface area contributed by atoms with E-state index in [2.05, 4.69) is 10.3 Å². The van der Waals surface area contributed by atoms with Gasteiger partial charge < -0.3 is 5.11 Å². The van der Waals surface area contributed by atoms with E-state index in [1.165, 1.54) is 4.31 Å². The summed E-state index contributed by atoms with van der Waals surface area (Å²) in [6.07, 6.45) is 4.34. The smallest absolute Gasteiger partial charge is 0.217 e. The summed E-state index contributed by atoms with van der Waals surface area (Å²) in [7, 11) is -3.26. The Kier molecular flexibility index (Phi) is 3.58. The van der Waals surface area contributed by atoms with E-state index in [1.54, 1.807) is 10.9 Å². The van der Waals surface area contributed by atoms with Crippen molar-refractivity contribution in [1.29, 1.82) is 0 Å². The third kappa shape index (κ3) is 2.72. The highest BCUT2D eigenvalue weighted by Gasteiger charge is 2.46. The van der Waals surface area contributed by atoms with Crippen molar-refractivity contribution in [3.8, 4) is 0 Å². The Balaban J connectivity index is 1.83. The monoisotopic (exact) mass is 314 g/mol. The van der Waals surface area contributed by atoms with E-state index >= 15 is 0 Å². The van der Waals surface area contributed by atoms with Crippen molar-refractivity contribution in [1.82, 2.24) is 19.3 Å². The fraction of sp³-hybridized carbons (Fsp3) is 0.846. The van der Waals surface area contributed by atoms with Crippen molar-refractivity contribution in [2.45, 2.75) is 56.4 Å². The van der Waals surface area contributed by atoms with Crippen molar-refractivity contribution in [3.63, 3.8) is 0 Å². The number of sulfonamides is 1. The Morgan fingerprint density at radius 3 is 2.71 bits per heavy atom. The molecule has 1 atom stereocenters. The molecule has 0 aromatic carbocycles. The lowest BCUT2D eigenvalue weighted by Gasteiger charge is -2.37. The van der Waals surface area contributed by atoms with Crippen LogP contribution in [0, 0.1) is 0 Å². The number of β-amino-alcohol motifs (C(OH)–C–C–N with tert-alkyl or cyclic N) is 1. The standard InChI is InChI=1S/C13H22N4O3S/c1-10(2)17-8-12(14-15-17)13(18)6-3-7-16(9-13)21(19,20)11-4-5-11/h8,10-11,18H,3-7,9H2,1-2H3/t13-/m1/s1. The summed E-state index contributed by atoms with van der Waals surface area (Å²) in [5, 5.41) is 18.7. The molecule has 0 unspecified atom stereocenters. The molecule has 2 heterocycles. The number of rotatable bonds is 4. The quantitative estimate of drug-likeness (QED) is 0.881. The van der Waals surface area contributed by atoms with Crippen molar-refractivity contribution in [2.24, 2.45) is 0 Å². The van der Waals surface area contributed by atoms with Crippen molar-refractivity contribution >= 4 is 10.0 Å². The van der Waals surface area contributed by atoms with Crippen molar-refractivity contribution < 1.29 is 13.5 Å². The Morgan fingerprint density at radius 1 is 1.43 bits per heavy atom. The van der Waals surface area contributed by atoms with Gasteiger partial charge in [-0.2, -0.15) is 4.31 Å². The van der Waals surface area contributed by atoms with Gasteiger partial charge in [-0.3, -0.25) is 0 Å². The second-order valence-electron chi connectivity index (χ2n) is 6.39. The number of aliphatic hydroxyl groups is 1. The van der Waals surface area contributed by atoms with Crippen molar-refractivity contribution in [2.75, 3.05) is 13.1 Å². The lowest BCUT2D eigenvalue weighted by molar-refractivity contribution is -0.0162. The molecule has 1 aliphatic carbocycles. The summed E-state index contributed by atoms with van der Waals surface area (Å²) in [4.78, 5) is 0. The summed E-state index contributed by atoms with van der Waals surface area (Å²) in [6, 6.07) is 0.157. The molecule has 1 saturated heterocycles. The molecule has 1 aromatic heterocycles. The predicted molar refractivity (Wildman–Crippen MR) is 77.1 cm³/mol. The van der Waals surface area contributed by atoms with E-state index in [1.807, 2.05) is 13.8 Å². The van der Waals surface area contributed by atoms with Crippen LogP contribution in [0.4, 0.5) is 0 Å². The van der Waals surface area contributed by atoms with Crippen LogP contribution in [0.15, 0.2) is 6.20 Å². The van der Waals surface area contributed by atoms with E-state index in [9.17, 15) is 13.5 Å². The second-order valence-corrected chi connectivity index (χ2v) is 8.60. The first kappa shape index (κ1) is 14.9. The fourth-order valence-electron chi connectivity index (χ4n) is 2.74. The number of hydrogen-bond donors (Lipinski definition) is 1. The number of nitrogens with zero attached hydrogens (tertiary/aromatic N) is 4. The summed E-state index contributed by atoms with van der Waals surface area (Å²) in [6.45, 7) is 4.53. The molecular weight excluding hydrogens is 292 g/mol. The number of piperidine rings is 1. The molecule has 8 heteroatoms. The SMILES string of the molecule is CC(C)n1cc([C@@]2(O)CCCN(S(=O)(=O)C3CC3)C2)nn1. The molecule has 2 aliphatic rings. The van der Waals surface area contributed by atoms with Crippen molar-refractivity contribution in [3.05, 3.63) is 11.9 Å². The summed E-state index contributed by atoms with van der Waals surface area (Å²) in [5.74, 6) is 0. The maximum Gasteiger partial charge on any atom is 0.217 e. The first-order valence-corrected chi connectivity index (χ1v) is 8.97. The number of aromatic nitrogens is 3. The second kappa shape index (κ2) is 5.03. The maximum atomic E-state index is 12.4. The van der Waals surface area contributed by atoms with Gasteiger partial charge in [-0.05, 0) is 39.5 Å². The van der Waals surface area contributed by atoms with Crippen LogP contribution in [0.3, 0.4) is 0 Å². The van der Waals surface area contributed by atoms with Gasteiger partial charge in [0.1, 0.15) is 11.3 Å². The molecule has 3 rings (SSSR count). The van der Waals surface area contributed by atoms with E-state index in [0.29, 0.717) is 25.1 Å². The molecule has 1 saturated carbocycles. The fourth-order valence-corrected chi connectivity index (χ4v) is 4.67. The van der Waals surface area contributed by atoms with Crippen LogP contribution in [-0.4, -0.2) is 51.2 Å². The molecule has 0 spiro atoms. The van der Waals surface area contributed by atoms with Crippen LogP contribution in [0.5, 0.6) is 0 Å². The van der Waals surface area contributed by atoms with E-state index < -0.39 is 15.6 Å². The van der Waals surface area contributed by atoms with Gasteiger partial charge in [0, 0.05) is 19.1 Å². The minimum Gasteiger partial charge on any atom is -0.382 e. The first-order chi connectivity index (χ1) is 9.83. The highest BCUT2D eigenvalue weighted by molar-refractivity contribution is 7.90. The van der Waals surface area contributed by atoms with E-state index in [4.69, 9.17) is 0 Å². The van der Waals surface area contributed by atoms with Gasteiger partial charge >= 0.3 is 0 Å². The molecule has 0 radical (unpaired) electrons. The van der Waals surface area contributed by atoms with Gasteiger partial charge in [-0.1, -0.05) is 5.21 Å². The Hall–Kier alpha value is -0.990. The van der Waals surface area contributed by atoms with Gasteiger partial charge in [0.25, 0.3) is 0 Å². The Bertz CT molecular complexity index is 623. The average Bonchev–Trinajstić information content (AvgIpc) is 3.16. The maximum absolute atomic E-state index is 12.4. The van der Waals surface area contributed by atoms with Gasteiger partial charge in [0.15, 0.2) is 0 Å². The zero-order valence-corrected chi connectivity index (χ0v) is 13.3. The predicted octanol–water partition coefficient (Wildman–Crippen LogP) is 0.635. The summed E-state index contributed by atoms with van der Waals surface area (Å²) in [5.41, 5.74) is -0.764. The molecule has 7 nitrogen and oxygen atoms in total. The minimum atomic E-state index is -3.26. The van der Waals surface area contributed by atoms with Crippen LogP contribution >= 0.6 is 0 Å². The lowest BCUT2D eigenvalue weighted by Crippen LogP contribution is -2.49. The summed E-state index contributed by atoms with van der Waals surface area (Å²) < 4.78 is 27.8. The van der Waals surface area contributed by atoms with E-state index in [-0.39, 0.29) is 17.8 Å².